The zero-order chi connectivity index (χ0) is 15.7. The number of aromatic nitrogens is 4. The van der Waals surface area contributed by atoms with Crippen LogP contribution in [0.4, 0.5) is 0 Å². The largest absolute Gasteiger partial charge is 0.362 e. The van der Waals surface area contributed by atoms with E-state index in [0.717, 1.165) is 22.5 Å². The Morgan fingerprint density at radius 1 is 1.18 bits per heavy atom. The third-order valence-corrected chi connectivity index (χ3v) is 3.73. The van der Waals surface area contributed by atoms with Crippen molar-refractivity contribution in [3.8, 4) is 11.4 Å². The zero-order valence-corrected chi connectivity index (χ0v) is 13.5. The zero-order valence-electron chi connectivity index (χ0n) is 12.7. The smallest absolute Gasteiger partial charge is 0.216 e. The van der Waals surface area contributed by atoms with E-state index in [2.05, 4.69) is 27.2 Å². The van der Waals surface area contributed by atoms with Gasteiger partial charge in [-0.3, -0.25) is 0 Å². The van der Waals surface area contributed by atoms with E-state index in [1.54, 1.807) is 10.9 Å². The number of hydrogen-bond donors (Lipinski definition) is 2. The molecular weight excluding hydrogens is 294 g/mol. The molecule has 3 aromatic rings. The summed E-state index contributed by atoms with van der Waals surface area (Å²) in [6.45, 7) is 6.09. The van der Waals surface area contributed by atoms with Gasteiger partial charge >= 0.3 is 0 Å². The van der Waals surface area contributed by atoms with Crippen molar-refractivity contribution in [2.75, 3.05) is 0 Å². The lowest BCUT2D eigenvalue weighted by atomic mass is 10.1. The average Bonchev–Trinajstić information content (AvgIpc) is 3.00. The molecule has 2 aromatic heterocycles. The van der Waals surface area contributed by atoms with E-state index in [4.69, 9.17) is 12.2 Å². The number of hydrogen-bond acceptors (Lipinski definition) is 3. The number of nitrogens with one attached hydrogen (secondary N) is 2. The normalized spacial score (nSPS) is 11.4. The first-order valence-corrected chi connectivity index (χ1v) is 7.40. The monoisotopic (exact) mass is 311 g/mol. The summed E-state index contributed by atoms with van der Waals surface area (Å²) in [7, 11) is 0. The van der Waals surface area contributed by atoms with Gasteiger partial charge in [-0.25, -0.2) is 5.10 Å². The maximum Gasteiger partial charge on any atom is 0.216 e. The van der Waals surface area contributed by atoms with Crippen molar-refractivity contribution in [2.24, 2.45) is 5.10 Å². The molecule has 1 aromatic carbocycles. The van der Waals surface area contributed by atoms with Crippen LogP contribution in [-0.4, -0.2) is 26.1 Å². The molecule has 0 aliphatic carbocycles. The van der Waals surface area contributed by atoms with Crippen LogP contribution < -0.4 is 0 Å². The minimum atomic E-state index is 0.469. The van der Waals surface area contributed by atoms with Crippen LogP contribution in [0.5, 0.6) is 0 Å². The highest BCUT2D eigenvalue weighted by Crippen LogP contribution is 2.18. The molecule has 0 bridgehead atoms. The molecule has 3 rings (SSSR count). The summed E-state index contributed by atoms with van der Waals surface area (Å²) in [5.41, 5.74) is 5.39. The van der Waals surface area contributed by atoms with Crippen molar-refractivity contribution in [3.63, 3.8) is 0 Å². The number of H-pyrrole nitrogens is 2. The molecule has 2 heterocycles. The van der Waals surface area contributed by atoms with Gasteiger partial charge in [-0.05, 0) is 39.1 Å². The fraction of sp³-hybridized carbons (Fsp3) is 0.188. The Bertz CT molecular complexity index is 880. The van der Waals surface area contributed by atoms with Gasteiger partial charge < -0.3 is 4.98 Å². The third-order valence-electron chi connectivity index (χ3n) is 3.46. The van der Waals surface area contributed by atoms with Crippen molar-refractivity contribution in [1.82, 2.24) is 19.9 Å². The molecule has 0 unspecified atom stereocenters. The van der Waals surface area contributed by atoms with Gasteiger partial charge in [0, 0.05) is 22.5 Å². The molecular formula is C16H17N5S. The lowest BCUT2D eigenvalue weighted by Crippen LogP contribution is -1.95. The Kier molecular flexibility index (Phi) is 3.77. The molecule has 22 heavy (non-hydrogen) atoms. The topological polar surface area (TPSA) is 61.8 Å². The lowest BCUT2D eigenvalue weighted by Gasteiger charge is -2.01. The Morgan fingerprint density at radius 2 is 1.91 bits per heavy atom. The molecule has 112 valence electrons. The van der Waals surface area contributed by atoms with Crippen LogP contribution in [0.1, 0.15) is 22.5 Å². The lowest BCUT2D eigenvalue weighted by molar-refractivity contribution is 0.871. The Balaban J connectivity index is 2.01. The van der Waals surface area contributed by atoms with Crippen LogP contribution in [-0.2, 0) is 0 Å². The van der Waals surface area contributed by atoms with E-state index >= 15 is 0 Å². The van der Waals surface area contributed by atoms with Crippen LogP contribution in [0.25, 0.3) is 11.4 Å². The second-order valence-corrected chi connectivity index (χ2v) is 5.69. The third kappa shape index (κ3) is 2.78. The van der Waals surface area contributed by atoms with Crippen LogP contribution in [0.2, 0.25) is 0 Å². The summed E-state index contributed by atoms with van der Waals surface area (Å²) in [6.07, 6.45) is 1.79. The van der Waals surface area contributed by atoms with Gasteiger partial charge in [0.15, 0.2) is 5.82 Å². The maximum atomic E-state index is 5.28. The minimum absolute atomic E-state index is 0.469. The molecule has 0 atom stereocenters. The minimum Gasteiger partial charge on any atom is -0.362 e. The van der Waals surface area contributed by atoms with Crippen LogP contribution in [0, 0.1) is 25.5 Å². The summed E-state index contributed by atoms with van der Waals surface area (Å²) in [5, 5.41) is 11.6. The summed E-state index contributed by atoms with van der Waals surface area (Å²) in [6, 6.07) is 10.2. The first-order chi connectivity index (χ1) is 10.5. The molecule has 2 N–H and O–H groups in total. The predicted octanol–water partition coefficient (Wildman–Crippen LogP) is 3.74. The molecule has 0 amide bonds. The maximum absolute atomic E-state index is 5.28. The van der Waals surface area contributed by atoms with Crippen molar-refractivity contribution in [1.29, 1.82) is 0 Å². The number of rotatable bonds is 3. The molecule has 0 aliphatic rings. The molecule has 0 fully saturated rings. The van der Waals surface area contributed by atoms with E-state index in [0.29, 0.717) is 10.6 Å². The highest BCUT2D eigenvalue weighted by molar-refractivity contribution is 7.71. The molecule has 0 saturated carbocycles. The van der Waals surface area contributed by atoms with Gasteiger partial charge in [-0.15, -0.1) is 0 Å². The fourth-order valence-electron chi connectivity index (χ4n) is 2.29. The number of nitrogens with zero attached hydrogens (tertiary/aromatic N) is 3. The first kappa shape index (κ1) is 14.5. The predicted molar refractivity (Wildman–Crippen MR) is 90.8 cm³/mol. The van der Waals surface area contributed by atoms with Gasteiger partial charge in [0.25, 0.3) is 0 Å². The molecule has 5 nitrogen and oxygen atoms in total. The molecule has 0 radical (unpaired) electrons. The van der Waals surface area contributed by atoms with Crippen molar-refractivity contribution < 1.29 is 0 Å². The van der Waals surface area contributed by atoms with Crippen LogP contribution in [0.3, 0.4) is 0 Å². The fourth-order valence-corrected chi connectivity index (χ4v) is 2.47. The molecule has 0 aliphatic heterocycles. The van der Waals surface area contributed by atoms with Gasteiger partial charge in [-0.1, -0.05) is 29.8 Å². The van der Waals surface area contributed by atoms with E-state index in [1.165, 1.54) is 5.56 Å². The standard InChI is InChI=1S/C16H17N5S/c1-10-4-6-13(7-5-10)15-19-20-16(22)21(15)17-9-14-8-11(2)18-12(14)3/h4-9,18H,1-3H3,(H,20,22)/b17-9+. The molecule has 0 saturated heterocycles. The van der Waals surface area contributed by atoms with Gasteiger partial charge in [-0.2, -0.15) is 14.9 Å². The first-order valence-electron chi connectivity index (χ1n) is 6.99. The van der Waals surface area contributed by atoms with E-state index in [-0.39, 0.29) is 0 Å². The summed E-state index contributed by atoms with van der Waals surface area (Å²) in [4.78, 5) is 3.25. The van der Waals surface area contributed by atoms with Crippen LogP contribution in [0.15, 0.2) is 35.4 Å². The van der Waals surface area contributed by atoms with Crippen LogP contribution >= 0.6 is 12.2 Å². The van der Waals surface area contributed by atoms with E-state index in [1.807, 2.05) is 44.2 Å². The summed E-state index contributed by atoms with van der Waals surface area (Å²) in [5.74, 6) is 0.700. The van der Waals surface area contributed by atoms with E-state index < -0.39 is 0 Å². The second kappa shape index (κ2) is 5.73. The van der Waals surface area contributed by atoms with E-state index in [9.17, 15) is 0 Å². The highest BCUT2D eigenvalue weighted by Gasteiger charge is 2.08. The van der Waals surface area contributed by atoms with Gasteiger partial charge in [0.05, 0.1) is 6.21 Å². The summed E-state index contributed by atoms with van der Waals surface area (Å²) >= 11 is 5.28. The SMILES string of the molecule is Cc1ccc(-c2n[nH]c(=S)n2/N=C/c2cc(C)[nH]c2C)cc1. The van der Waals surface area contributed by atoms with Crippen molar-refractivity contribution in [2.45, 2.75) is 20.8 Å². The van der Waals surface area contributed by atoms with Crippen molar-refractivity contribution >= 4 is 18.4 Å². The Hall–Kier alpha value is -2.47. The Labute approximate surface area is 133 Å². The summed E-state index contributed by atoms with van der Waals surface area (Å²) < 4.78 is 2.11. The highest BCUT2D eigenvalue weighted by atomic mass is 32.1. The van der Waals surface area contributed by atoms with Gasteiger partial charge in [0.1, 0.15) is 0 Å². The molecule has 0 spiro atoms. The second-order valence-electron chi connectivity index (χ2n) is 5.31. The van der Waals surface area contributed by atoms with Gasteiger partial charge in [0.2, 0.25) is 4.77 Å². The molecule has 6 heteroatoms. The quantitative estimate of drug-likeness (QED) is 0.572. The average molecular weight is 311 g/mol. The Morgan fingerprint density at radius 3 is 2.55 bits per heavy atom. The number of benzene rings is 1. The number of aromatic amines is 2. The van der Waals surface area contributed by atoms with Crippen molar-refractivity contribution in [3.05, 3.63) is 57.6 Å². The number of aryl methyl sites for hydroxylation is 3.